The van der Waals surface area contributed by atoms with Crippen molar-refractivity contribution in [2.24, 2.45) is 0 Å². The molecule has 1 aliphatic heterocycles. The van der Waals surface area contributed by atoms with E-state index in [1.54, 1.807) is 0 Å². The van der Waals surface area contributed by atoms with Gasteiger partial charge < -0.3 is 15.5 Å². The number of rotatable bonds is 3. The predicted octanol–water partition coefficient (Wildman–Crippen LogP) is 4.13. The van der Waals surface area contributed by atoms with E-state index in [1.807, 2.05) is 12.1 Å². The molecule has 140 valence electrons. The van der Waals surface area contributed by atoms with E-state index < -0.39 is 11.9 Å². The van der Waals surface area contributed by atoms with E-state index in [9.17, 15) is 9.59 Å². The van der Waals surface area contributed by atoms with E-state index in [1.165, 1.54) is 43.2 Å². The summed E-state index contributed by atoms with van der Waals surface area (Å²) < 4.78 is 0. The summed E-state index contributed by atoms with van der Waals surface area (Å²) >= 11 is 5.99. The Labute approximate surface area is 158 Å². The van der Waals surface area contributed by atoms with Crippen LogP contribution in [0, 0.1) is 0 Å². The van der Waals surface area contributed by atoms with Gasteiger partial charge in [-0.05, 0) is 49.1 Å². The molecule has 5 nitrogen and oxygen atoms in total. The predicted molar refractivity (Wildman–Crippen MR) is 102 cm³/mol. The van der Waals surface area contributed by atoms with Gasteiger partial charge in [0, 0.05) is 22.7 Å². The van der Waals surface area contributed by atoms with Crippen LogP contribution in [0.25, 0.3) is 5.57 Å². The number of hydrogen-bond acceptors (Lipinski definition) is 3. The Morgan fingerprint density at radius 3 is 2.12 bits per heavy atom. The van der Waals surface area contributed by atoms with Crippen molar-refractivity contribution in [3.63, 3.8) is 0 Å². The van der Waals surface area contributed by atoms with Crippen LogP contribution in [0.4, 0.5) is 0 Å². The Bertz CT molecular complexity index is 672. The Balaban J connectivity index is 0.000000260. The molecule has 1 heterocycles. The number of carboxylic acids is 2. The normalized spacial score (nSPS) is 18.7. The molecule has 0 atom stereocenters. The minimum absolute atomic E-state index is 0.240. The second-order valence-electron chi connectivity index (χ2n) is 6.49. The van der Waals surface area contributed by atoms with Crippen LogP contribution in [0.1, 0.15) is 44.1 Å². The molecular weight excluding hydrogens is 354 g/mol. The van der Waals surface area contributed by atoms with Crippen molar-refractivity contribution in [1.29, 1.82) is 0 Å². The largest absolute Gasteiger partial charge is 0.478 e. The highest BCUT2D eigenvalue weighted by atomic mass is 35.5. The zero-order valence-electron chi connectivity index (χ0n) is 14.6. The van der Waals surface area contributed by atoms with Crippen LogP contribution in [0.5, 0.6) is 0 Å². The minimum atomic E-state index is -1.26. The number of nitrogens with one attached hydrogen (secondary N) is 1. The molecule has 0 bridgehead atoms. The fourth-order valence-corrected chi connectivity index (χ4v) is 3.71. The van der Waals surface area contributed by atoms with Crippen molar-refractivity contribution in [2.45, 2.75) is 44.1 Å². The molecule has 1 aromatic carbocycles. The highest BCUT2D eigenvalue weighted by Gasteiger charge is 2.37. The van der Waals surface area contributed by atoms with Gasteiger partial charge >= 0.3 is 11.9 Å². The Kier molecular flexibility index (Phi) is 7.42. The Morgan fingerprint density at radius 2 is 1.58 bits per heavy atom. The second kappa shape index (κ2) is 9.55. The van der Waals surface area contributed by atoms with Crippen molar-refractivity contribution in [2.75, 3.05) is 6.54 Å². The molecule has 1 fully saturated rings. The second-order valence-corrected chi connectivity index (χ2v) is 6.93. The maximum Gasteiger partial charge on any atom is 0.328 e. The van der Waals surface area contributed by atoms with Crippen molar-refractivity contribution in [3.05, 3.63) is 53.1 Å². The van der Waals surface area contributed by atoms with Gasteiger partial charge in [-0.3, -0.25) is 0 Å². The number of carbonyl (C=O) groups is 2. The molecule has 1 saturated carbocycles. The quantitative estimate of drug-likeness (QED) is 0.689. The molecule has 26 heavy (non-hydrogen) atoms. The van der Waals surface area contributed by atoms with Gasteiger partial charge in [-0.25, -0.2) is 9.59 Å². The molecule has 3 rings (SSSR count). The average Bonchev–Trinajstić information content (AvgIpc) is 2.63. The zero-order chi connectivity index (χ0) is 19.0. The molecule has 0 aromatic heterocycles. The lowest BCUT2D eigenvalue weighted by atomic mass is 9.72. The third kappa shape index (κ3) is 5.71. The highest BCUT2D eigenvalue weighted by molar-refractivity contribution is 6.30. The number of benzene rings is 1. The number of halogens is 1. The van der Waals surface area contributed by atoms with Crippen LogP contribution in [0.2, 0.25) is 5.02 Å². The van der Waals surface area contributed by atoms with Crippen LogP contribution in [-0.4, -0.2) is 34.2 Å². The zero-order valence-corrected chi connectivity index (χ0v) is 15.3. The summed E-state index contributed by atoms with van der Waals surface area (Å²) in [6, 6.07) is 8.33. The highest BCUT2D eigenvalue weighted by Crippen LogP contribution is 2.41. The van der Waals surface area contributed by atoms with Gasteiger partial charge in [0.05, 0.1) is 0 Å². The van der Waals surface area contributed by atoms with Crippen LogP contribution >= 0.6 is 11.6 Å². The summed E-state index contributed by atoms with van der Waals surface area (Å²) in [6.45, 7) is 1.12. The van der Waals surface area contributed by atoms with Gasteiger partial charge in [-0.15, -0.1) is 0 Å². The maximum absolute atomic E-state index is 9.55. The average molecular weight is 378 g/mol. The molecule has 1 spiro atoms. The standard InChI is InChI=1S/C16H20ClN.C4H4O4/c17-14-8-6-13(7-9-14)15-5-4-12-18-16(15)10-2-1-3-11-16;5-3(6)1-2-4(7)8/h5-9,18H,1-4,10-12H2;1-2H,(H,5,6)(H,7,8). The van der Waals surface area contributed by atoms with Gasteiger partial charge in [-0.1, -0.05) is 49.1 Å². The van der Waals surface area contributed by atoms with E-state index in [0.29, 0.717) is 12.2 Å². The topological polar surface area (TPSA) is 86.6 Å². The van der Waals surface area contributed by atoms with Crippen LogP contribution < -0.4 is 5.32 Å². The molecule has 0 radical (unpaired) electrons. The summed E-state index contributed by atoms with van der Waals surface area (Å²) in [4.78, 5) is 19.1. The Hall–Kier alpha value is -2.11. The third-order valence-corrected chi connectivity index (χ3v) is 4.95. The molecule has 3 N–H and O–H groups in total. The molecular formula is C20H24ClNO4. The van der Waals surface area contributed by atoms with Gasteiger partial charge in [0.15, 0.2) is 0 Å². The van der Waals surface area contributed by atoms with Crippen LogP contribution in [0.3, 0.4) is 0 Å². The van der Waals surface area contributed by atoms with Crippen LogP contribution in [0.15, 0.2) is 42.5 Å². The summed E-state index contributed by atoms with van der Waals surface area (Å²) in [5.74, 6) is -2.51. The van der Waals surface area contributed by atoms with E-state index >= 15 is 0 Å². The smallest absolute Gasteiger partial charge is 0.328 e. The summed E-state index contributed by atoms with van der Waals surface area (Å²) in [5.41, 5.74) is 3.09. The molecule has 1 aliphatic carbocycles. The maximum atomic E-state index is 9.55. The fourth-order valence-electron chi connectivity index (χ4n) is 3.59. The molecule has 0 saturated heterocycles. The molecule has 1 aromatic rings. The molecule has 6 heteroatoms. The Morgan fingerprint density at radius 1 is 1.00 bits per heavy atom. The van der Waals surface area contributed by atoms with Crippen molar-refractivity contribution in [3.8, 4) is 0 Å². The van der Waals surface area contributed by atoms with E-state index in [2.05, 4.69) is 23.5 Å². The summed E-state index contributed by atoms with van der Waals surface area (Å²) in [5, 5.41) is 20.2. The summed E-state index contributed by atoms with van der Waals surface area (Å²) in [7, 11) is 0. The summed E-state index contributed by atoms with van der Waals surface area (Å²) in [6.07, 6.45) is 11.3. The first-order valence-electron chi connectivity index (χ1n) is 8.78. The van der Waals surface area contributed by atoms with Gasteiger partial charge in [0.25, 0.3) is 0 Å². The first-order valence-corrected chi connectivity index (χ1v) is 9.16. The van der Waals surface area contributed by atoms with Crippen molar-refractivity contribution in [1.82, 2.24) is 5.32 Å². The van der Waals surface area contributed by atoms with Crippen molar-refractivity contribution < 1.29 is 19.8 Å². The lowest BCUT2D eigenvalue weighted by molar-refractivity contribution is -0.134. The lowest BCUT2D eigenvalue weighted by Gasteiger charge is -2.43. The SMILES string of the molecule is Clc1ccc(C2=CCCNC23CCCCC3)cc1.O=C(O)C=CC(=O)O. The van der Waals surface area contributed by atoms with E-state index in [4.69, 9.17) is 21.8 Å². The van der Waals surface area contributed by atoms with Gasteiger partial charge in [-0.2, -0.15) is 0 Å². The monoisotopic (exact) mass is 377 g/mol. The molecule has 2 aliphatic rings. The first-order chi connectivity index (χ1) is 12.4. The molecule has 0 unspecified atom stereocenters. The number of aliphatic carboxylic acids is 2. The van der Waals surface area contributed by atoms with E-state index in [-0.39, 0.29) is 5.54 Å². The lowest BCUT2D eigenvalue weighted by Crippen LogP contribution is -2.49. The fraction of sp³-hybridized carbons (Fsp3) is 0.400. The first kappa shape index (κ1) is 20.2. The van der Waals surface area contributed by atoms with E-state index in [0.717, 1.165) is 18.0 Å². The van der Waals surface area contributed by atoms with Crippen LogP contribution in [-0.2, 0) is 9.59 Å². The number of hydrogen-bond donors (Lipinski definition) is 3. The minimum Gasteiger partial charge on any atom is -0.478 e. The third-order valence-electron chi connectivity index (χ3n) is 4.70. The van der Waals surface area contributed by atoms with Gasteiger partial charge in [0.2, 0.25) is 0 Å². The number of carboxylic acid groups (broad SMARTS) is 2. The van der Waals surface area contributed by atoms with Gasteiger partial charge in [0.1, 0.15) is 0 Å². The van der Waals surface area contributed by atoms with Crippen molar-refractivity contribution >= 4 is 29.1 Å². The molecule has 0 amide bonds.